The van der Waals surface area contributed by atoms with Crippen molar-refractivity contribution in [3.8, 4) is 0 Å². The lowest BCUT2D eigenvalue weighted by Crippen LogP contribution is -2.50. The van der Waals surface area contributed by atoms with E-state index in [1.165, 1.54) is 0 Å². The fourth-order valence-electron chi connectivity index (χ4n) is 1.91. The molecule has 1 unspecified atom stereocenters. The van der Waals surface area contributed by atoms with Crippen molar-refractivity contribution in [2.24, 2.45) is 5.41 Å². The molecule has 0 aliphatic carbocycles. The molecule has 4 nitrogen and oxygen atoms in total. The Balaban J connectivity index is 2.73. The molecule has 0 bridgehead atoms. The number of carboxylic acid groups (broad SMARTS) is 1. The molecule has 0 spiro atoms. The van der Waals surface area contributed by atoms with E-state index in [2.05, 4.69) is 25.7 Å². The molecule has 0 radical (unpaired) electrons. The molecule has 1 saturated heterocycles. The van der Waals surface area contributed by atoms with E-state index in [9.17, 15) is 9.90 Å². The largest absolute Gasteiger partial charge is 0.481 e. The van der Waals surface area contributed by atoms with Gasteiger partial charge in [-0.15, -0.1) is 0 Å². The Hall–Kier alpha value is -0.610. The van der Waals surface area contributed by atoms with Gasteiger partial charge in [0.1, 0.15) is 5.41 Å². The topological polar surface area (TPSA) is 49.8 Å². The molecule has 16 heavy (non-hydrogen) atoms. The van der Waals surface area contributed by atoms with Gasteiger partial charge in [0.05, 0.1) is 6.61 Å². The molecule has 0 aromatic rings. The van der Waals surface area contributed by atoms with Gasteiger partial charge in [-0.3, -0.25) is 4.79 Å². The maximum absolute atomic E-state index is 11.4. The number of hydrogen-bond acceptors (Lipinski definition) is 3. The molecule has 94 valence electrons. The highest BCUT2D eigenvalue weighted by Crippen LogP contribution is 2.32. The van der Waals surface area contributed by atoms with Crippen LogP contribution in [0.25, 0.3) is 0 Å². The molecule has 0 saturated carbocycles. The monoisotopic (exact) mass is 229 g/mol. The molecule has 0 aromatic heterocycles. The quantitative estimate of drug-likeness (QED) is 0.778. The van der Waals surface area contributed by atoms with Gasteiger partial charge in [0.15, 0.2) is 0 Å². The van der Waals surface area contributed by atoms with Crippen LogP contribution >= 0.6 is 0 Å². The predicted molar refractivity (Wildman–Crippen MR) is 62.5 cm³/mol. The van der Waals surface area contributed by atoms with E-state index < -0.39 is 11.4 Å². The van der Waals surface area contributed by atoms with Crippen LogP contribution in [-0.4, -0.2) is 48.3 Å². The lowest BCUT2D eigenvalue weighted by Gasteiger charge is -2.39. The van der Waals surface area contributed by atoms with Gasteiger partial charge < -0.3 is 14.7 Å². The van der Waals surface area contributed by atoms with Gasteiger partial charge >= 0.3 is 5.97 Å². The molecule has 1 N–H and O–H groups in total. The first kappa shape index (κ1) is 13.5. The van der Waals surface area contributed by atoms with Crippen LogP contribution < -0.4 is 0 Å². The smallest absolute Gasteiger partial charge is 0.313 e. The summed E-state index contributed by atoms with van der Waals surface area (Å²) >= 11 is 0. The molecule has 1 atom stereocenters. The maximum atomic E-state index is 11.4. The first-order valence-corrected chi connectivity index (χ1v) is 5.86. The predicted octanol–water partition coefficient (Wildman–Crippen LogP) is 1.60. The summed E-state index contributed by atoms with van der Waals surface area (Å²) in [5.74, 6) is -0.733. The molecule has 1 fully saturated rings. The summed E-state index contributed by atoms with van der Waals surface area (Å²) in [6.45, 7) is 7.86. The standard InChI is InChI=1S/C12H23NO3/c1-5-11(2,3)13(4)8-12(10(14)15)6-7-16-9-12/h5-9H2,1-4H3,(H,14,15). The zero-order chi connectivity index (χ0) is 12.4. The summed E-state index contributed by atoms with van der Waals surface area (Å²) in [5, 5.41) is 9.34. The van der Waals surface area contributed by atoms with Gasteiger partial charge in [-0.1, -0.05) is 6.92 Å². The highest BCUT2D eigenvalue weighted by molar-refractivity contribution is 5.75. The minimum Gasteiger partial charge on any atom is -0.481 e. The Kier molecular flexibility index (Phi) is 3.97. The minimum absolute atomic E-state index is 0.0328. The van der Waals surface area contributed by atoms with Crippen molar-refractivity contribution >= 4 is 5.97 Å². The number of hydrogen-bond donors (Lipinski definition) is 1. The summed E-state index contributed by atoms with van der Waals surface area (Å²) < 4.78 is 5.26. The minimum atomic E-state index is -0.733. The van der Waals surface area contributed by atoms with Crippen LogP contribution in [0, 0.1) is 5.41 Å². The van der Waals surface area contributed by atoms with E-state index in [0.717, 1.165) is 6.42 Å². The van der Waals surface area contributed by atoms with Crippen molar-refractivity contribution in [3.63, 3.8) is 0 Å². The SMILES string of the molecule is CCC(C)(C)N(C)CC1(C(=O)O)CCOC1. The first-order valence-electron chi connectivity index (χ1n) is 5.86. The summed E-state index contributed by atoms with van der Waals surface area (Å²) in [6, 6.07) is 0. The van der Waals surface area contributed by atoms with Crippen LogP contribution in [0.15, 0.2) is 0 Å². The molecule has 0 aromatic carbocycles. The molecule has 0 amide bonds. The number of carbonyl (C=O) groups is 1. The average molecular weight is 229 g/mol. The summed E-state index contributed by atoms with van der Waals surface area (Å²) in [6.07, 6.45) is 1.62. The summed E-state index contributed by atoms with van der Waals surface area (Å²) in [4.78, 5) is 13.5. The second-order valence-electron chi connectivity index (χ2n) is 5.41. The molecule has 1 aliphatic rings. The van der Waals surface area contributed by atoms with Gasteiger partial charge in [0.2, 0.25) is 0 Å². The lowest BCUT2D eigenvalue weighted by molar-refractivity contribution is -0.150. The van der Waals surface area contributed by atoms with Crippen molar-refractivity contribution in [2.75, 3.05) is 26.8 Å². The molecular weight excluding hydrogens is 206 g/mol. The first-order chi connectivity index (χ1) is 7.34. The Morgan fingerprint density at radius 2 is 2.19 bits per heavy atom. The van der Waals surface area contributed by atoms with Crippen molar-refractivity contribution in [3.05, 3.63) is 0 Å². The fraction of sp³-hybridized carbons (Fsp3) is 0.917. The van der Waals surface area contributed by atoms with Crippen molar-refractivity contribution in [1.82, 2.24) is 4.90 Å². The van der Waals surface area contributed by atoms with Crippen molar-refractivity contribution in [2.45, 2.75) is 39.2 Å². The van der Waals surface area contributed by atoms with Crippen LogP contribution in [0.2, 0.25) is 0 Å². The highest BCUT2D eigenvalue weighted by Gasteiger charge is 2.44. The number of ether oxygens (including phenoxy) is 1. The molecule has 1 rings (SSSR count). The van der Waals surface area contributed by atoms with Gasteiger partial charge in [-0.25, -0.2) is 0 Å². The van der Waals surface area contributed by atoms with Gasteiger partial charge in [0.25, 0.3) is 0 Å². The summed E-state index contributed by atoms with van der Waals surface area (Å²) in [7, 11) is 1.99. The Morgan fingerprint density at radius 1 is 1.56 bits per heavy atom. The highest BCUT2D eigenvalue weighted by atomic mass is 16.5. The number of rotatable bonds is 5. The third-order valence-corrected chi connectivity index (χ3v) is 4.00. The van der Waals surface area contributed by atoms with Crippen molar-refractivity contribution in [1.29, 1.82) is 0 Å². The molecular formula is C12H23NO3. The second-order valence-corrected chi connectivity index (χ2v) is 5.41. The normalized spacial score (nSPS) is 26.3. The van der Waals surface area contributed by atoms with E-state index in [4.69, 9.17) is 4.74 Å². The Labute approximate surface area is 97.6 Å². The Bertz CT molecular complexity index is 257. The Morgan fingerprint density at radius 3 is 2.56 bits per heavy atom. The third kappa shape index (κ3) is 2.55. The van der Waals surface area contributed by atoms with Gasteiger partial charge in [-0.2, -0.15) is 0 Å². The van der Waals surface area contributed by atoms with E-state index >= 15 is 0 Å². The maximum Gasteiger partial charge on any atom is 0.313 e. The van der Waals surface area contributed by atoms with Crippen LogP contribution in [0.1, 0.15) is 33.6 Å². The van der Waals surface area contributed by atoms with Crippen LogP contribution in [-0.2, 0) is 9.53 Å². The zero-order valence-corrected chi connectivity index (χ0v) is 10.7. The molecule has 1 heterocycles. The second kappa shape index (κ2) is 4.72. The third-order valence-electron chi connectivity index (χ3n) is 4.00. The zero-order valence-electron chi connectivity index (χ0n) is 10.7. The molecule has 1 aliphatic heterocycles. The number of carboxylic acids is 1. The van der Waals surface area contributed by atoms with Crippen LogP contribution in [0.5, 0.6) is 0 Å². The lowest BCUT2D eigenvalue weighted by atomic mass is 9.85. The van der Waals surface area contributed by atoms with E-state index in [1.54, 1.807) is 0 Å². The molecule has 4 heteroatoms. The number of aliphatic carboxylic acids is 1. The average Bonchev–Trinajstić information content (AvgIpc) is 2.67. The van der Waals surface area contributed by atoms with Gasteiger partial charge in [-0.05, 0) is 33.7 Å². The van der Waals surface area contributed by atoms with E-state index in [-0.39, 0.29) is 5.54 Å². The fourth-order valence-corrected chi connectivity index (χ4v) is 1.91. The summed E-state index contributed by atoms with van der Waals surface area (Å²) in [5.41, 5.74) is -0.674. The van der Waals surface area contributed by atoms with E-state index in [1.807, 2.05) is 7.05 Å². The van der Waals surface area contributed by atoms with Crippen LogP contribution in [0.3, 0.4) is 0 Å². The van der Waals surface area contributed by atoms with Crippen molar-refractivity contribution < 1.29 is 14.6 Å². The number of nitrogens with zero attached hydrogens (tertiary/aromatic N) is 1. The van der Waals surface area contributed by atoms with Crippen LogP contribution in [0.4, 0.5) is 0 Å². The van der Waals surface area contributed by atoms with Gasteiger partial charge in [0, 0.05) is 18.7 Å². The van der Waals surface area contributed by atoms with E-state index in [0.29, 0.717) is 26.2 Å².